The first-order valence-electron chi connectivity index (χ1n) is 3.98. The monoisotopic (exact) mass is 242 g/mol. The first-order chi connectivity index (χ1) is 6.13. The van der Waals surface area contributed by atoms with Gasteiger partial charge >= 0.3 is 0 Å². The van der Waals surface area contributed by atoms with Gasteiger partial charge in [0.1, 0.15) is 0 Å². The number of nitrogen functional groups attached to an aromatic ring is 1. The maximum atomic E-state index is 11.1. The Hall–Kier alpha value is -1.03. The summed E-state index contributed by atoms with van der Waals surface area (Å²) in [7, 11) is 0. The molecule has 0 aliphatic rings. The van der Waals surface area contributed by atoms with E-state index in [2.05, 4.69) is 21.2 Å². The molecule has 0 radical (unpaired) electrons. The topological polar surface area (TPSA) is 55.1 Å². The van der Waals surface area contributed by atoms with E-state index in [-0.39, 0.29) is 5.91 Å². The molecule has 0 saturated carbocycles. The van der Waals surface area contributed by atoms with Gasteiger partial charge in [0.15, 0.2) is 0 Å². The van der Waals surface area contributed by atoms with Crippen molar-refractivity contribution in [3.8, 4) is 0 Å². The Balaban J connectivity index is 2.87. The van der Waals surface area contributed by atoms with Crippen molar-refractivity contribution >= 4 is 33.2 Å². The number of amides is 1. The van der Waals surface area contributed by atoms with Crippen LogP contribution in [0.15, 0.2) is 22.7 Å². The number of carbonyl (C=O) groups is 1. The smallest absolute Gasteiger partial charge is 0.224 e. The van der Waals surface area contributed by atoms with Crippen molar-refractivity contribution < 1.29 is 4.79 Å². The molecule has 0 aliphatic carbocycles. The van der Waals surface area contributed by atoms with Gasteiger partial charge in [-0.3, -0.25) is 4.79 Å². The SMILES string of the molecule is CCC(=O)Nc1cc(N)ccc1Br. The summed E-state index contributed by atoms with van der Waals surface area (Å²) in [5.74, 6) is -0.0219. The average molecular weight is 243 g/mol. The minimum atomic E-state index is -0.0219. The van der Waals surface area contributed by atoms with Gasteiger partial charge < -0.3 is 11.1 Å². The molecule has 0 aliphatic heterocycles. The summed E-state index contributed by atoms with van der Waals surface area (Å²) in [6.45, 7) is 1.80. The largest absolute Gasteiger partial charge is 0.399 e. The Morgan fingerprint density at radius 2 is 2.31 bits per heavy atom. The van der Waals surface area contributed by atoms with Crippen LogP contribution >= 0.6 is 15.9 Å². The average Bonchev–Trinajstić information content (AvgIpc) is 2.11. The normalized spacial score (nSPS) is 9.69. The fourth-order valence-corrected chi connectivity index (χ4v) is 1.22. The van der Waals surface area contributed by atoms with E-state index in [0.717, 1.165) is 4.47 Å². The maximum absolute atomic E-state index is 11.1. The standard InChI is InChI=1S/C9H11BrN2O/c1-2-9(13)12-8-5-6(11)3-4-7(8)10/h3-5H,2,11H2,1H3,(H,12,13). The molecule has 13 heavy (non-hydrogen) atoms. The van der Waals surface area contributed by atoms with E-state index < -0.39 is 0 Å². The molecule has 0 aromatic heterocycles. The van der Waals surface area contributed by atoms with Crippen LogP contribution in [0.25, 0.3) is 0 Å². The van der Waals surface area contributed by atoms with Crippen molar-refractivity contribution in [1.29, 1.82) is 0 Å². The molecule has 0 atom stereocenters. The Bertz CT molecular complexity index is 325. The number of benzene rings is 1. The minimum absolute atomic E-state index is 0.0219. The molecule has 0 heterocycles. The first kappa shape index (κ1) is 10.1. The van der Waals surface area contributed by atoms with Crippen molar-refractivity contribution in [2.24, 2.45) is 0 Å². The van der Waals surface area contributed by atoms with Crippen LogP contribution in [-0.4, -0.2) is 5.91 Å². The summed E-state index contributed by atoms with van der Waals surface area (Å²) in [4.78, 5) is 11.1. The summed E-state index contributed by atoms with van der Waals surface area (Å²) >= 11 is 3.32. The molecule has 3 nitrogen and oxygen atoms in total. The number of hydrogen-bond donors (Lipinski definition) is 2. The third-order valence-corrected chi connectivity index (χ3v) is 2.28. The highest BCUT2D eigenvalue weighted by atomic mass is 79.9. The lowest BCUT2D eigenvalue weighted by molar-refractivity contribution is -0.115. The van der Waals surface area contributed by atoms with E-state index in [0.29, 0.717) is 17.8 Å². The summed E-state index contributed by atoms with van der Waals surface area (Å²) in [5.41, 5.74) is 6.92. The van der Waals surface area contributed by atoms with Gasteiger partial charge in [0, 0.05) is 16.6 Å². The van der Waals surface area contributed by atoms with Crippen LogP contribution in [0, 0.1) is 0 Å². The van der Waals surface area contributed by atoms with Crippen LogP contribution in [0.1, 0.15) is 13.3 Å². The van der Waals surface area contributed by atoms with Gasteiger partial charge in [0.05, 0.1) is 5.69 Å². The number of hydrogen-bond acceptors (Lipinski definition) is 2. The molecule has 1 aromatic rings. The Morgan fingerprint density at radius 3 is 2.92 bits per heavy atom. The van der Waals surface area contributed by atoms with Crippen LogP contribution in [0.3, 0.4) is 0 Å². The molecule has 3 N–H and O–H groups in total. The van der Waals surface area contributed by atoms with Crippen LogP contribution in [-0.2, 0) is 4.79 Å². The van der Waals surface area contributed by atoms with Gasteiger partial charge in [-0.1, -0.05) is 6.92 Å². The predicted molar refractivity (Wildman–Crippen MR) is 57.5 cm³/mol. The number of anilines is 2. The Morgan fingerprint density at radius 1 is 1.62 bits per heavy atom. The molecule has 0 spiro atoms. The third-order valence-electron chi connectivity index (χ3n) is 1.59. The number of halogens is 1. The van der Waals surface area contributed by atoms with Crippen molar-refractivity contribution in [2.45, 2.75) is 13.3 Å². The Labute approximate surface area is 85.4 Å². The van der Waals surface area contributed by atoms with Gasteiger partial charge in [-0.2, -0.15) is 0 Å². The highest BCUT2D eigenvalue weighted by molar-refractivity contribution is 9.10. The Kier molecular flexibility index (Phi) is 3.31. The van der Waals surface area contributed by atoms with Gasteiger partial charge in [0.2, 0.25) is 5.91 Å². The lowest BCUT2D eigenvalue weighted by Crippen LogP contribution is -2.10. The molecule has 4 heteroatoms. The second kappa shape index (κ2) is 4.28. The van der Waals surface area contributed by atoms with Crippen molar-refractivity contribution in [2.75, 3.05) is 11.1 Å². The minimum Gasteiger partial charge on any atom is -0.399 e. The van der Waals surface area contributed by atoms with E-state index >= 15 is 0 Å². The third kappa shape index (κ3) is 2.73. The summed E-state index contributed by atoms with van der Waals surface area (Å²) in [6, 6.07) is 5.30. The zero-order valence-corrected chi connectivity index (χ0v) is 8.89. The molecule has 0 bridgehead atoms. The van der Waals surface area contributed by atoms with Crippen molar-refractivity contribution in [3.05, 3.63) is 22.7 Å². The lowest BCUT2D eigenvalue weighted by Gasteiger charge is -2.06. The quantitative estimate of drug-likeness (QED) is 0.783. The summed E-state index contributed by atoms with van der Waals surface area (Å²) in [5, 5.41) is 2.73. The van der Waals surface area contributed by atoms with Crippen LogP contribution < -0.4 is 11.1 Å². The van der Waals surface area contributed by atoms with E-state index in [9.17, 15) is 4.79 Å². The van der Waals surface area contributed by atoms with E-state index in [1.165, 1.54) is 0 Å². The van der Waals surface area contributed by atoms with Crippen LogP contribution in [0.5, 0.6) is 0 Å². The summed E-state index contributed by atoms with van der Waals surface area (Å²) < 4.78 is 0.837. The molecule has 1 aromatic carbocycles. The van der Waals surface area contributed by atoms with Crippen molar-refractivity contribution in [1.82, 2.24) is 0 Å². The van der Waals surface area contributed by atoms with Crippen molar-refractivity contribution in [3.63, 3.8) is 0 Å². The number of carbonyl (C=O) groups excluding carboxylic acids is 1. The van der Waals surface area contributed by atoms with E-state index in [1.807, 2.05) is 0 Å². The highest BCUT2D eigenvalue weighted by Crippen LogP contribution is 2.24. The van der Waals surface area contributed by atoms with Gasteiger partial charge in [-0.05, 0) is 34.1 Å². The lowest BCUT2D eigenvalue weighted by atomic mass is 10.3. The molecule has 1 rings (SSSR count). The maximum Gasteiger partial charge on any atom is 0.224 e. The number of nitrogens with two attached hydrogens (primary N) is 1. The number of rotatable bonds is 2. The molecule has 0 saturated heterocycles. The van der Waals surface area contributed by atoms with Gasteiger partial charge in [0.25, 0.3) is 0 Å². The summed E-state index contributed by atoms with van der Waals surface area (Å²) in [6.07, 6.45) is 0.460. The van der Waals surface area contributed by atoms with E-state index in [1.54, 1.807) is 25.1 Å². The fourth-order valence-electron chi connectivity index (χ4n) is 0.877. The number of nitrogens with one attached hydrogen (secondary N) is 1. The second-order valence-corrected chi connectivity index (χ2v) is 3.50. The van der Waals surface area contributed by atoms with Crippen LogP contribution in [0.2, 0.25) is 0 Å². The molecule has 70 valence electrons. The highest BCUT2D eigenvalue weighted by Gasteiger charge is 2.03. The van der Waals surface area contributed by atoms with Crippen LogP contribution in [0.4, 0.5) is 11.4 Å². The fraction of sp³-hybridized carbons (Fsp3) is 0.222. The molecule has 0 unspecified atom stereocenters. The zero-order chi connectivity index (χ0) is 9.84. The molecular formula is C9H11BrN2O. The molecular weight excluding hydrogens is 232 g/mol. The zero-order valence-electron chi connectivity index (χ0n) is 7.30. The molecule has 0 fully saturated rings. The molecule has 1 amide bonds. The first-order valence-corrected chi connectivity index (χ1v) is 4.77. The van der Waals surface area contributed by atoms with Gasteiger partial charge in [-0.15, -0.1) is 0 Å². The predicted octanol–water partition coefficient (Wildman–Crippen LogP) is 2.38. The second-order valence-electron chi connectivity index (χ2n) is 2.64. The van der Waals surface area contributed by atoms with Gasteiger partial charge in [-0.25, -0.2) is 0 Å². The van der Waals surface area contributed by atoms with E-state index in [4.69, 9.17) is 5.73 Å².